The van der Waals surface area contributed by atoms with E-state index in [1.54, 1.807) is 24.3 Å². The van der Waals surface area contributed by atoms with Crippen molar-refractivity contribution in [3.8, 4) is 5.75 Å². The van der Waals surface area contributed by atoms with Crippen molar-refractivity contribution in [1.29, 1.82) is 5.41 Å². The molecule has 1 aromatic rings. The molecule has 0 atom stereocenters. The molecule has 21 heavy (non-hydrogen) atoms. The summed E-state index contributed by atoms with van der Waals surface area (Å²) in [7, 11) is 0. The Morgan fingerprint density at radius 1 is 1.33 bits per heavy atom. The molecule has 7 heteroatoms. The van der Waals surface area contributed by atoms with Crippen LogP contribution in [0.1, 0.15) is 19.3 Å². The molecular weight excluding hydrogens is 313 g/mol. The number of ether oxygens (including phenoxy) is 1. The number of likely N-dealkylation sites (tertiary alicyclic amines) is 1. The van der Waals surface area contributed by atoms with Crippen LogP contribution in [0.15, 0.2) is 24.3 Å². The van der Waals surface area contributed by atoms with E-state index in [4.69, 9.17) is 27.5 Å². The summed E-state index contributed by atoms with van der Waals surface area (Å²) in [5.41, 5.74) is 5.44. The number of hydrogen-bond acceptors (Lipinski definition) is 3. The van der Waals surface area contributed by atoms with Crippen LogP contribution in [-0.4, -0.2) is 29.9 Å². The molecule has 0 aliphatic carbocycles. The van der Waals surface area contributed by atoms with Crippen molar-refractivity contribution >= 4 is 35.9 Å². The fourth-order valence-corrected chi connectivity index (χ4v) is 2.42. The van der Waals surface area contributed by atoms with E-state index in [0.29, 0.717) is 23.1 Å². The lowest BCUT2D eigenvalue weighted by Gasteiger charge is -2.31. The SMILES string of the molecule is Cl.N=C(N)N1CCC(CC(=O)Oc2ccc(Cl)cc2)CC1. The Labute approximate surface area is 135 Å². The monoisotopic (exact) mass is 331 g/mol. The second-order valence-corrected chi connectivity index (χ2v) is 5.38. The molecule has 0 bridgehead atoms. The van der Waals surface area contributed by atoms with Gasteiger partial charge in [-0.25, -0.2) is 0 Å². The van der Waals surface area contributed by atoms with Gasteiger partial charge in [-0.1, -0.05) is 11.6 Å². The molecule has 0 radical (unpaired) electrons. The van der Waals surface area contributed by atoms with Crippen LogP contribution in [0.2, 0.25) is 5.02 Å². The van der Waals surface area contributed by atoms with Gasteiger partial charge in [-0.05, 0) is 43.0 Å². The first-order valence-electron chi connectivity index (χ1n) is 6.60. The fraction of sp³-hybridized carbons (Fsp3) is 0.429. The summed E-state index contributed by atoms with van der Waals surface area (Å²) in [6, 6.07) is 6.74. The van der Waals surface area contributed by atoms with Crippen molar-refractivity contribution in [2.45, 2.75) is 19.3 Å². The van der Waals surface area contributed by atoms with Gasteiger partial charge in [-0.15, -0.1) is 12.4 Å². The highest BCUT2D eigenvalue weighted by Gasteiger charge is 2.22. The van der Waals surface area contributed by atoms with Gasteiger partial charge < -0.3 is 15.4 Å². The van der Waals surface area contributed by atoms with E-state index in [-0.39, 0.29) is 24.3 Å². The van der Waals surface area contributed by atoms with Crippen molar-refractivity contribution in [1.82, 2.24) is 4.90 Å². The number of guanidine groups is 1. The molecule has 3 N–H and O–H groups in total. The molecule has 0 amide bonds. The summed E-state index contributed by atoms with van der Waals surface area (Å²) < 4.78 is 5.27. The number of carbonyl (C=O) groups is 1. The number of esters is 1. The van der Waals surface area contributed by atoms with Crippen LogP contribution in [-0.2, 0) is 4.79 Å². The quantitative estimate of drug-likeness (QED) is 0.386. The standard InChI is InChI=1S/C14H18ClN3O2.ClH/c15-11-1-3-12(4-2-11)20-13(19)9-10-5-7-18(8-6-10)14(16)17;/h1-4,10H,5-9H2,(H3,16,17);1H. The Morgan fingerprint density at radius 3 is 2.43 bits per heavy atom. The third-order valence-electron chi connectivity index (χ3n) is 3.46. The summed E-state index contributed by atoms with van der Waals surface area (Å²) >= 11 is 5.77. The minimum Gasteiger partial charge on any atom is -0.427 e. The first-order valence-corrected chi connectivity index (χ1v) is 6.97. The fourth-order valence-electron chi connectivity index (χ4n) is 2.29. The molecule has 1 aliphatic rings. The average molecular weight is 332 g/mol. The van der Waals surface area contributed by atoms with Crippen molar-refractivity contribution < 1.29 is 9.53 Å². The summed E-state index contributed by atoms with van der Waals surface area (Å²) in [6.45, 7) is 1.46. The number of nitrogens with one attached hydrogen (secondary N) is 1. The molecule has 0 unspecified atom stereocenters. The van der Waals surface area contributed by atoms with E-state index in [1.165, 1.54) is 0 Å². The zero-order valence-corrected chi connectivity index (χ0v) is 13.1. The van der Waals surface area contributed by atoms with Gasteiger partial charge in [0.1, 0.15) is 5.75 Å². The smallest absolute Gasteiger partial charge is 0.311 e. The highest BCUT2D eigenvalue weighted by atomic mass is 35.5. The number of benzene rings is 1. The lowest BCUT2D eigenvalue weighted by molar-refractivity contribution is -0.135. The highest BCUT2D eigenvalue weighted by Crippen LogP contribution is 2.22. The van der Waals surface area contributed by atoms with Crippen LogP contribution in [0, 0.1) is 11.3 Å². The van der Waals surface area contributed by atoms with Gasteiger partial charge in [0.25, 0.3) is 0 Å². The lowest BCUT2D eigenvalue weighted by Crippen LogP contribution is -2.42. The Balaban J connectivity index is 0.00000220. The summed E-state index contributed by atoms with van der Waals surface area (Å²) in [6.07, 6.45) is 2.11. The Hall–Kier alpha value is -1.46. The maximum Gasteiger partial charge on any atom is 0.311 e. The third kappa shape index (κ3) is 5.44. The van der Waals surface area contributed by atoms with Gasteiger partial charge in [-0.3, -0.25) is 10.2 Å². The number of carbonyl (C=O) groups excluding carboxylic acids is 1. The van der Waals surface area contributed by atoms with Crippen LogP contribution in [0.3, 0.4) is 0 Å². The van der Waals surface area contributed by atoms with E-state index < -0.39 is 0 Å². The number of rotatable bonds is 3. The maximum absolute atomic E-state index is 11.8. The molecule has 1 aliphatic heterocycles. The van der Waals surface area contributed by atoms with Gasteiger partial charge in [0, 0.05) is 24.5 Å². The molecule has 5 nitrogen and oxygen atoms in total. The Kier molecular flexibility index (Phi) is 6.78. The van der Waals surface area contributed by atoms with Crippen LogP contribution in [0.5, 0.6) is 5.75 Å². The number of nitrogens with zero attached hydrogens (tertiary/aromatic N) is 1. The normalized spacial score (nSPS) is 15.2. The van der Waals surface area contributed by atoms with E-state index in [9.17, 15) is 4.79 Å². The molecule has 0 spiro atoms. The predicted octanol–water partition coefficient (Wildman–Crippen LogP) is 2.66. The molecular formula is C14H19Cl2N3O2. The van der Waals surface area contributed by atoms with Crippen molar-refractivity contribution in [3.63, 3.8) is 0 Å². The average Bonchev–Trinajstić information content (AvgIpc) is 2.42. The molecule has 0 aromatic heterocycles. The number of nitrogens with two attached hydrogens (primary N) is 1. The van der Waals surface area contributed by atoms with E-state index in [2.05, 4.69) is 0 Å². The predicted molar refractivity (Wildman–Crippen MR) is 85.2 cm³/mol. The van der Waals surface area contributed by atoms with Crippen molar-refractivity contribution in [3.05, 3.63) is 29.3 Å². The van der Waals surface area contributed by atoms with Gasteiger partial charge in [-0.2, -0.15) is 0 Å². The van der Waals surface area contributed by atoms with Crippen LogP contribution in [0.25, 0.3) is 0 Å². The zero-order valence-electron chi connectivity index (χ0n) is 11.5. The Morgan fingerprint density at radius 2 is 1.90 bits per heavy atom. The van der Waals surface area contributed by atoms with E-state index in [0.717, 1.165) is 25.9 Å². The molecule has 0 saturated carbocycles. The van der Waals surface area contributed by atoms with Crippen LogP contribution < -0.4 is 10.5 Å². The highest BCUT2D eigenvalue weighted by molar-refractivity contribution is 6.30. The van der Waals surface area contributed by atoms with E-state index >= 15 is 0 Å². The summed E-state index contributed by atoms with van der Waals surface area (Å²) in [5.74, 6) is 0.687. The lowest BCUT2D eigenvalue weighted by atomic mass is 9.94. The number of piperidine rings is 1. The molecule has 1 saturated heterocycles. The summed E-state index contributed by atoms with van der Waals surface area (Å²) in [4.78, 5) is 13.7. The molecule has 1 fully saturated rings. The second-order valence-electron chi connectivity index (χ2n) is 4.95. The van der Waals surface area contributed by atoms with E-state index in [1.807, 2.05) is 4.90 Å². The Bertz CT molecular complexity index is 485. The number of halogens is 2. The molecule has 116 valence electrons. The molecule has 2 rings (SSSR count). The topological polar surface area (TPSA) is 79.4 Å². The van der Waals surface area contributed by atoms with Gasteiger partial charge in [0.15, 0.2) is 5.96 Å². The first kappa shape index (κ1) is 17.6. The maximum atomic E-state index is 11.8. The largest absolute Gasteiger partial charge is 0.427 e. The minimum atomic E-state index is -0.228. The first-order chi connectivity index (χ1) is 9.54. The molecule has 1 aromatic carbocycles. The van der Waals surface area contributed by atoms with Crippen LogP contribution >= 0.6 is 24.0 Å². The van der Waals surface area contributed by atoms with Gasteiger partial charge in [0.2, 0.25) is 0 Å². The van der Waals surface area contributed by atoms with Crippen LogP contribution in [0.4, 0.5) is 0 Å². The van der Waals surface area contributed by atoms with Gasteiger partial charge in [0.05, 0.1) is 0 Å². The van der Waals surface area contributed by atoms with Gasteiger partial charge >= 0.3 is 5.97 Å². The molecule has 1 heterocycles. The zero-order chi connectivity index (χ0) is 14.5. The number of hydrogen-bond donors (Lipinski definition) is 2. The third-order valence-corrected chi connectivity index (χ3v) is 3.71. The van der Waals surface area contributed by atoms with Crippen molar-refractivity contribution in [2.75, 3.05) is 13.1 Å². The summed E-state index contributed by atoms with van der Waals surface area (Å²) in [5, 5.41) is 7.98. The minimum absolute atomic E-state index is 0. The van der Waals surface area contributed by atoms with Crippen molar-refractivity contribution in [2.24, 2.45) is 11.7 Å². The second kappa shape index (κ2) is 8.10.